The average molecular weight is 277 g/mol. The van der Waals surface area contributed by atoms with Crippen LogP contribution >= 0.6 is 0 Å². The van der Waals surface area contributed by atoms with E-state index in [4.69, 9.17) is 10.4 Å². The van der Waals surface area contributed by atoms with Gasteiger partial charge in [0.2, 0.25) is 0 Å². The van der Waals surface area contributed by atoms with Crippen molar-refractivity contribution >= 4 is 17.7 Å². The predicted octanol–water partition coefficient (Wildman–Crippen LogP) is 1.80. The lowest BCUT2D eigenvalue weighted by atomic mass is 10.2. The van der Waals surface area contributed by atoms with Crippen LogP contribution in [0.5, 0.6) is 0 Å². The molecule has 1 aromatic carbocycles. The Morgan fingerprint density at radius 1 is 1.55 bits per heavy atom. The number of urea groups is 1. The SMILES string of the molecule is C=CCN(CC(=O)O)C(=O)Nc1cccc(F)c1C#N. The summed E-state index contributed by atoms with van der Waals surface area (Å²) in [4.78, 5) is 23.5. The van der Waals surface area contributed by atoms with E-state index >= 15 is 0 Å². The number of hydrogen-bond donors (Lipinski definition) is 2. The van der Waals surface area contributed by atoms with Gasteiger partial charge in [0.1, 0.15) is 24.0 Å². The lowest BCUT2D eigenvalue weighted by Crippen LogP contribution is -2.39. The number of carboxylic acid groups (broad SMARTS) is 1. The van der Waals surface area contributed by atoms with Crippen LogP contribution in [0.2, 0.25) is 0 Å². The van der Waals surface area contributed by atoms with E-state index in [0.29, 0.717) is 0 Å². The van der Waals surface area contributed by atoms with Crippen LogP contribution in [-0.2, 0) is 4.79 Å². The quantitative estimate of drug-likeness (QED) is 0.802. The molecule has 6 nitrogen and oxygen atoms in total. The van der Waals surface area contributed by atoms with Crippen LogP contribution in [0.25, 0.3) is 0 Å². The zero-order valence-corrected chi connectivity index (χ0v) is 10.5. The summed E-state index contributed by atoms with van der Waals surface area (Å²) >= 11 is 0. The monoisotopic (exact) mass is 277 g/mol. The fourth-order valence-corrected chi connectivity index (χ4v) is 1.47. The molecule has 0 atom stereocenters. The van der Waals surface area contributed by atoms with Crippen molar-refractivity contribution in [3.63, 3.8) is 0 Å². The Morgan fingerprint density at radius 3 is 2.80 bits per heavy atom. The third-order valence-electron chi connectivity index (χ3n) is 2.33. The first-order chi connectivity index (χ1) is 9.49. The minimum atomic E-state index is -1.19. The van der Waals surface area contributed by atoms with Crippen LogP contribution in [0, 0.1) is 17.1 Å². The maximum atomic E-state index is 13.4. The Balaban J connectivity index is 2.94. The molecule has 0 aliphatic carbocycles. The highest BCUT2D eigenvalue weighted by molar-refractivity contribution is 5.92. The molecular formula is C13H12FN3O3. The largest absolute Gasteiger partial charge is 0.480 e. The van der Waals surface area contributed by atoms with Gasteiger partial charge in [0.05, 0.1) is 5.69 Å². The number of halogens is 1. The van der Waals surface area contributed by atoms with Gasteiger partial charge in [-0.15, -0.1) is 6.58 Å². The van der Waals surface area contributed by atoms with Crippen LogP contribution in [0.15, 0.2) is 30.9 Å². The molecule has 0 aromatic heterocycles. The number of carbonyl (C=O) groups excluding carboxylic acids is 1. The normalized spacial score (nSPS) is 9.40. The minimum Gasteiger partial charge on any atom is -0.480 e. The highest BCUT2D eigenvalue weighted by atomic mass is 19.1. The van der Waals surface area contributed by atoms with Gasteiger partial charge in [0, 0.05) is 6.54 Å². The van der Waals surface area contributed by atoms with E-state index in [2.05, 4.69) is 11.9 Å². The van der Waals surface area contributed by atoms with Crippen LogP contribution in [0.3, 0.4) is 0 Å². The smallest absolute Gasteiger partial charge is 0.323 e. The number of benzene rings is 1. The zero-order valence-electron chi connectivity index (χ0n) is 10.5. The standard InChI is InChI=1S/C13H12FN3O3/c1-2-6-17(8-12(18)19)13(20)16-11-5-3-4-10(14)9(11)7-15/h2-5H,1,6,8H2,(H,16,20)(H,18,19). The third-order valence-corrected chi connectivity index (χ3v) is 2.33. The summed E-state index contributed by atoms with van der Waals surface area (Å²) in [6, 6.07) is 4.66. The Hall–Kier alpha value is -2.88. The molecule has 0 unspecified atom stereocenters. The Kier molecular flexibility index (Phi) is 5.23. The number of nitrogens with one attached hydrogen (secondary N) is 1. The van der Waals surface area contributed by atoms with Gasteiger partial charge in [-0.3, -0.25) is 4.79 Å². The highest BCUT2D eigenvalue weighted by Gasteiger charge is 2.17. The Bertz CT molecular complexity index is 581. The Labute approximate surface area is 114 Å². The van der Waals surface area contributed by atoms with Crippen molar-refractivity contribution in [2.45, 2.75) is 0 Å². The van der Waals surface area contributed by atoms with Gasteiger partial charge in [-0.1, -0.05) is 12.1 Å². The van der Waals surface area contributed by atoms with Crippen molar-refractivity contribution < 1.29 is 19.1 Å². The van der Waals surface area contributed by atoms with Gasteiger partial charge in [0.25, 0.3) is 0 Å². The van der Waals surface area contributed by atoms with Gasteiger partial charge in [0.15, 0.2) is 0 Å². The summed E-state index contributed by atoms with van der Waals surface area (Å²) < 4.78 is 13.4. The molecule has 0 bridgehead atoms. The summed E-state index contributed by atoms with van der Waals surface area (Å²) in [6.45, 7) is 2.89. The molecule has 1 aromatic rings. The molecule has 0 heterocycles. The molecule has 0 fully saturated rings. The fraction of sp³-hybridized carbons (Fsp3) is 0.154. The van der Waals surface area contributed by atoms with E-state index in [1.807, 2.05) is 0 Å². The lowest BCUT2D eigenvalue weighted by Gasteiger charge is -2.19. The summed E-state index contributed by atoms with van der Waals surface area (Å²) in [5, 5.41) is 19.8. The molecule has 0 saturated carbocycles. The van der Waals surface area contributed by atoms with Crippen LogP contribution < -0.4 is 5.32 Å². The van der Waals surface area contributed by atoms with Gasteiger partial charge in [-0.2, -0.15) is 5.26 Å². The molecule has 104 valence electrons. The minimum absolute atomic E-state index is 0.00926. The highest BCUT2D eigenvalue weighted by Crippen LogP contribution is 2.18. The molecule has 0 saturated heterocycles. The Morgan fingerprint density at radius 2 is 2.25 bits per heavy atom. The van der Waals surface area contributed by atoms with Crippen molar-refractivity contribution in [2.75, 3.05) is 18.4 Å². The summed E-state index contributed by atoms with van der Waals surface area (Å²) in [5.41, 5.74) is -0.327. The van der Waals surface area contributed by atoms with E-state index in [1.165, 1.54) is 18.2 Å². The number of anilines is 1. The molecule has 7 heteroatoms. The van der Waals surface area contributed by atoms with Crippen molar-refractivity contribution in [1.29, 1.82) is 5.26 Å². The number of nitrogens with zero attached hydrogens (tertiary/aromatic N) is 2. The van der Waals surface area contributed by atoms with E-state index < -0.39 is 24.4 Å². The number of amides is 2. The number of nitriles is 1. The maximum absolute atomic E-state index is 13.4. The molecular weight excluding hydrogens is 265 g/mol. The van der Waals surface area contributed by atoms with E-state index in [-0.39, 0.29) is 17.8 Å². The number of carboxylic acids is 1. The first kappa shape index (κ1) is 15.2. The zero-order chi connectivity index (χ0) is 15.1. The summed E-state index contributed by atoms with van der Waals surface area (Å²) in [7, 11) is 0. The van der Waals surface area contributed by atoms with E-state index in [0.717, 1.165) is 11.0 Å². The molecule has 0 radical (unpaired) electrons. The molecule has 20 heavy (non-hydrogen) atoms. The topological polar surface area (TPSA) is 93.4 Å². The maximum Gasteiger partial charge on any atom is 0.323 e. The number of hydrogen-bond acceptors (Lipinski definition) is 3. The summed E-state index contributed by atoms with van der Waals surface area (Å²) in [5.74, 6) is -1.96. The van der Waals surface area contributed by atoms with Crippen LogP contribution in [0.1, 0.15) is 5.56 Å². The van der Waals surface area contributed by atoms with Crippen molar-refractivity contribution in [2.24, 2.45) is 0 Å². The van der Waals surface area contributed by atoms with Gasteiger partial charge < -0.3 is 15.3 Å². The molecule has 0 aliphatic heterocycles. The molecule has 2 N–H and O–H groups in total. The fourth-order valence-electron chi connectivity index (χ4n) is 1.47. The third kappa shape index (κ3) is 3.81. The predicted molar refractivity (Wildman–Crippen MR) is 69.5 cm³/mol. The first-order valence-electron chi connectivity index (χ1n) is 5.56. The van der Waals surface area contributed by atoms with E-state index in [9.17, 15) is 14.0 Å². The van der Waals surface area contributed by atoms with Crippen LogP contribution in [0.4, 0.5) is 14.9 Å². The van der Waals surface area contributed by atoms with E-state index in [1.54, 1.807) is 6.07 Å². The van der Waals surface area contributed by atoms with Gasteiger partial charge >= 0.3 is 12.0 Å². The second kappa shape index (κ2) is 6.89. The lowest BCUT2D eigenvalue weighted by molar-refractivity contribution is -0.137. The van der Waals surface area contributed by atoms with Crippen molar-refractivity contribution in [3.8, 4) is 6.07 Å². The second-order valence-electron chi connectivity index (χ2n) is 3.77. The number of rotatable bonds is 5. The molecule has 2 amide bonds. The van der Waals surface area contributed by atoms with Gasteiger partial charge in [-0.25, -0.2) is 9.18 Å². The molecule has 1 rings (SSSR count). The second-order valence-corrected chi connectivity index (χ2v) is 3.77. The van der Waals surface area contributed by atoms with Gasteiger partial charge in [-0.05, 0) is 12.1 Å². The molecule has 0 spiro atoms. The first-order valence-corrected chi connectivity index (χ1v) is 5.56. The number of carbonyl (C=O) groups is 2. The average Bonchev–Trinajstić information content (AvgIpc) is 2.38. The van der Waals surface area contributed by atoms with Crippen molar-refractivity contribution in [1.82, 2.24) is 4.90 Å². The van der Waals surface area contributed by atoms with Crippen molar-refractivity contribution in [3.05, 3.63) is 42.2 Å². The molecule has 0 aliphatic rings. The summed E-state index contributed by atoms with van der Waals surface area (Å²) in [6.07, 6.45) is 1.36. The number of aliphatic carboxylic acids is 1. The van der Waals surface area contributed by atoms with Crippen LogP contribution in [-0.4, -0.2) is 35.1 Å².